The van der Waals surface area contributed by atoms with E-state index in [2.05, 4.69) is 4.98 Å². The highest BCUT2D eigenvalue weighted by molar-refractivity contribution is 8.00. The standard InChI is InChI=1S/C12H18N2O2S/c1-4-8(2)16-12(15)9(3)17-10-5-6-11(13)14-7-10/h5-9H,4H2,1-3H3,(H2,13,14). The average molecular weight is 254 g/mol. The first kappa shape index (κ1) is 13.8. The summed E-state index contributed by atoms with van der Waals surface area (Å²) in [6.45, 7) is 5.70. The molecule has 1 aromatic rings. The Hall–Kier alpha value is -1.23. The van der Waals surface area contributed by atoms with Crippen molar-refractivity contribution in [1.82, 2.24) is 4.98 Å². The van der Waals surface area contributed by atoms with Crippen LogP contribution in [-0.4, -0.2) is 22.3 Å². The second-order valence-corrected chi connectivity index (χ2v) is 5.25. The maximum atomic E-state index is 11.7. The van der Waals surface area contributed by atoms with Crippen molar-refractivity contribution < 1.29 is 9.53 Å². The summed E-state index contributed by atoms with van der Waals surface area (Å²) in [5.41, 5.74) is 5.49. The SMILES string of the molecule is CCC(C)OC(=O)C(C)Sc1ccc(N)nc1. The number of hydrogen-bond donors (Lipinski definition) is 1. The smallest absolute Gasteiger partial charge is 0.319 e. The highest BCUT2D eigenvalue weighted by atomic mass is 32.2. The topological polar surface area (TPSA) is 65.2 Å². The number of nitrogens with two attached hydrogens (primary N) is 1. The predicted octanol–water partition coefficient (Wildman–Crippen LogP) is 2.49. The van der Waals surface area contributed by atoms with E-state index in [1.54, 1.807) is 12.3 Å². The maximum absolute atomic E-state index is 11.7. The summed E-state index contributed by atoms with van der Waals surface area (Å²) >= 11 is 1.42. The zero-order valence-electron chi connectivity index (χ0n) is 10.3. The van der Waals surface area contributed by atoms with E-state index in [0.717, 1.165) is 11.3 Å². The van der Waals surface area contributed by atoms with Gasteiger partial charge in [-0.15, -0.1) is 11.8 Å². The Kier molecular flexibility index (Phi) is 5.28. The fourth-order valence-electron chi connectivity index (χ4n) is 1.09. The van der Waals surface area contributed by atoms with E-state index in [4.69, 9.17) is 10.5 Å². The number of nitrogen functional groups attached to an aromatic ring is 1. The van der Waals surface area contributed by atoms with E-state index >= 15 is 0 Å². The molecule has 0 aromatic carbocycles. The first-order valence-corrected chi connectivity index (χ1v) is 6.49. The molecule has 0 amide bonds. The zero-order chi connectivity index (χ0) is 12.8. The molecular formula is C12H18N2O2S. The number of nitrogens with zero attached hydrogens (tertiary/aromatic N) is 1. The lowest BCUT2D eigenvalue weighted by atomic mass is 10.3. The number of anilines is 1. The molecule has 1 aromatic heterocycles. The van der Waals surface area contributed by atoms with Crippen LogP contribution in [0.4, 0.5) is 5.82 Å². The average Bonchev–Trinajstić information content (AvgIpc) is 2.31. The highest BCUT2D eigenvalue weighted by Crippen LogP contribution is 2.24. The van der Waals surface area contributed by atoms with Crippen molar-refractivity contribution in [3.63, 3.8) is 0 Å². The quantitative estimate of drug-likeness (QED) is 0.646. The van der Waals surface area contributed by atoms with Gasteiger partial charge in [0, 0.05) is 11.1 Å². The summed E-state index contributed by atoms with van der Waals surface area (Å²) in [7, 11) is 0. The lowest BCUT2D eigenvalue weighted by Gasteiger charge is -2.15. The van der Waals surface area contributed by atoms with Crippen molar-refractivity contribution in [3.8, 4) is 0 Å². The van der Waals surface area contributed by atoms with Crippen molar-refractivity contribution in [2.24, 2.45) is 0 Å². The number of thioether (sulfide) groups is 1. The number of carbonyl (C=O) groups excluding carboxylic acids is 1. The van der Waals surface area contributed by atoms with Gasteiger partial charge in [0.1, 0.15) is 11.1 Å². The second kappa shape index (κ2) is 6.49. The molecule has 0 saturated heterocycles. The molecule has 0 aliphatic rings. The van der Waals surface area contributed by atoms with E-state index in [1.807, 2.05) is 26.8 Å². The van der Waals surface area contributed by atoms with E-state index < -0.39 is 0 Å². The van der Waals surface area contributed by atoms with Gasteiger partial charge in [-0.05, 0) is 32.4 Å². The molecule has 0 saturated carbocycles. The van der Waals surface area contributed by atoms with Crippen LogP contribution < -0.4 is 5.73 Å². The maximum Gasteiger partial charge on any atom is 0.319 e. The molecule has 2 unspecified atom stereocenters. The number of ether oxygens (including phenoxy) is 1. The summed E-state index contributed by atoms with van der Waals surface area (Å²) in [5, 5.41) is -0.241. The fraction of sp³-hybridized carbons (Fsp3) is 0.500. The summed E-state index contributed by atoms with van der Waals surface area (Å²) in [6.07, 6.45) is 2.45. The summed E-state index contributed by atoms with van der Waals surface area (Å²) < 4.78 is 5.25. The fourth-order valence-corrected chi connectivity index (χ4v) is 1.91. The molecule has 1 rings (SSSR count). The zero-order valence-corrected chi connectivity index (χ0v) is 11.2. The van der Waals surface area contributed by atoms with Crippen molar-refractivity contribution in [2.45, 2.75) is 43.4 Å². The Morgan fingerprint density at radius 1 is 1.53 bits per heavy atom. The van der Waals surface area contributed by atoms with Gasteiger partial charge in [0.05, 0.1) is 6.10 Å². The van der Waals surface area contributed by atoms with Gasteiger partial charge in [-0.1, -0.05) is 6.92 Å². The molecule has 94 valence electrons. The van der Waals surface area contributed by atoms with E-state index in [0.29, 0.717) is 5.82 Å². The summed E-state index contributed by atoms with van der Waals surface area (Å²) in [5.74, 6) is 0.283. The summed E-state index contributed by atoms with van der Waals surface area (Å²) in [6, 6.07) is 3.56. The number of pyridine rings is 1. The Bertz CT molecular complexity index is 367. The number of hydrogen-bond acceptors (Lipinski definition) is 5. The molecule has 0 radical (unpaired) electrons. The molecular weight excluding hydrogens is 236 g/mol. The van der Waals surface area contributed by atoms with Crippen LogP contribution in [0, 0.1) is 0 Å². The molecule has 4 nitrogen and oxygen atoms in total. The number of aromatic nitrogens is 1. The highest BCUT2D eigenvalue weighted by Gasteiger charge is 2.17. The Morgan fingerprint density at radius 3 is 2.76 bits per heavy atom. The normalized spacial score (nSPS) is 14.1. The van der Waals surface area contributed by atoms with Crippen LogP contribution in [0.3, 0.4) is 0 Å². The van der Waals surface area contributed by atoms with Crippen molar-refractivity contribution >= 4 is 23.5 Å². The third-order valence-electron chi connectivity index (χ3n) is 2.30. The molecule has 0 aliphatic carbocycles. The van der Waals surface area contributed by atoms with Gasteiger partial charge in [-0.25, -0.2) is 4.98 Å². The predicted molar refractivity (Wildman–Crippen MR) is 69.8 cm³/mol. The van der Waals surface area contributed by atoms with E-state index in [9.17, 15) is 4.79 Å². The van der Waals surface area contributed by atoms with Crippen molar-refractivity contribution in [3.05, 3.63) is 18.3 Å². The Labute approximate surface area is 106 Å². The van der Waals surface area contributed by atoms with Crippen LogP contribution in [0.15, 0.2) is 23.2 Å². The van der Waals surface area contributed by atoms with Crippen LogP contribution in [0.1, 0.15) is 27.2 Å². The van der Waals surface area contributed by atoms with Gasteiger partial charge >= 0.3 is 5.97 Å². The molecule has 2 N–H and O–H groups in total. The minimum atomic E-state index is -0.241. The van der Waals surface area contributed by atoms with Crippen molar-refractivity contribution in [1.29, 1.82) is 0 Å². The molecule has 5 heteroatoms. The van der Waals surface area contributed by atoms with Crippen molar-refractivity contribution in [2.75, 3.05) is 5.73 Å². The number of rotatable bonds is 5. The first-order chi connectivity index (χ1) is 8.02. The number of esters is 1. The lowest BCUT2D eigenvalue weighted by molar-refractivity contribution is -0.147. The molecule has 0 spiro atoms. The van der Waals surface area contributed by atoms with E-state index in [-0.39, 0.29) is 17.3 Å². The van der Waals surface area contributed by atoms with Gasteiger partial charge < -0.3 is 10.5 Å². The minimum Gasteiger partial charge on any atom is -0.462 e. The minimum absolute atomic E-state index is 0.0323. The molecule has 0 bridgehead atoms. The van der Waals surface area contributed by atoms with Crippen LogP contribution in [0.25, 0.3) is 0 Å². The van der Waals surface area contributed by atoms with Gasteiger partial charge in [0.25, 0.3) is 0 Å². The van der Waals surface area contributed by atoms with Crippen LogP contribution in [-0.2, 0) is 9.53 Å². The second-order valence-electron chi connectivity index (χ2n) is 3.83. The van der Waals surface area contributed by atoms with Crippen LogP contribution in [0.5, 0.6) is 0 Å². The number of carbonyl (C=O) groups is 1. The van der Waals surface area contributed by atoms with Gasteiger partial charge in [-0.3, -0.25) is 4.79 Å². The monoisotopic (exact) mass is 254 g/mol. The third kappa shape index (κ3) is 4.65. The molecule has 0 aliphatic heterocycles. The van der Waals surface area contributed by atoms with Gasteiger partial charge in [0.2, 0.25) is 0 Å². The van der Waals surface area contributed by atoms with Gasteiger partial charge in [-0.2, -0.15) is 0 Å². The Morgan fingerprint density at radius 2 is 2.24 bits per heavy atom. The van der Waals surface area contributed by atoms with E-state index in [1.165, 1.54) is 11.8 Å². The first-order valence-electron chi connectivity index (χ1n) is 5.61. The van der Waals surface area contributed by atoms with Crippen LogP contribution in [0.2, 0.25) is 0 Å². The summed E-state index contributed by atoms with van der Waals surface area (Å²) in [4.78, 5) is 16.6. The van der Waals surface area contributed by atoms with Gasteiger partial charge in [0.15, 0.2) is 0 Å². The molecule has 17 heavy (non-hydrogen) atoms. The molecule has 2 atom stereocenters. The Balaban J connectivity index is 2.51. The largest absolute Gasteiger partial charge is 0.462 e. The third-order valence-corrected chi connectivity index (χ3v) is 3.36. The molecule has 1 heterocycles. The van der Waals surface area contributed by atoms with Crippen LogP contribution >= 0.6 is 11.8 Å². The molecule has 0 fully saturated rings. The lowest BCUT2D eigenvalue weighted by Crippen LogP contribution is -2.21.